The Morgan fingerprint density at radius 1 is 1.40 bits per heavy atom. The molecule has 1 saturated carbocycles. The quantitative estimate of drug-likeness (QED) is 0.767. The summed E-state index contributed by atoms with van der Waals surface area (Å²) in [5.41, 5.74) is 0.344. The van der Waals surface area contributed by atoms with Crippen LogP contribution in [0.1, 0.15) is 29.8 Å². The average Bonchev–Trinajstić information content (AvgIpc) is 2.23. The topological polar surface area (TPSA) is 66.9 Å². The molecule has 0 spiro atoms. The Hall–Kier alpha value is -1.65. The molecule has 15 heavy (non-hydrogen) atoms. The van der Waals surface area contributed by atoms with Gasteiger partial charge in [0.25, 0.3) is 5.91 Å². The largest absolute Gasteiger partial charge is 0.366 e. The van der Waals surface area contributed by atoms with Gasteiger partial charge in [-0.15, -0.1) is 10.2 Å². The van der Waals surface area contributed by atoms with Gasteiger partial charge >= 0.3 is 0 Å². The van der Waals surface area contributed by atoms with E-state index in [0.29, 0.717) is 11.7 Å². The van der Waals surface area contributed by atoms with E-state index >= 15 is 0 Å². The first-order chi connectivity index (χ1) is 7.29. The van der Waals surface area contributed by atoms with Crippen LogP contribution < -0.4 is 10.6 Å². The zero-order valence-corrected chi connectivity index (χ0v) is 8.66. The van der Waals surface area contributed by atoms with E-state index < -0.39 is 0 Å². The molecule has 1 fully saturated rings. The zero-order valence-electron chi connectivity index (χ0n) is 8.66. The number of carbonyl (C=O) groups excluding carboxylic acids is 1. The molecular formula is C10H14N4O. The van der Waals surface area contributed by atoms with Crippen molar-refractivity contribution in [3.05, 3.63) is 17.8 Å². The smallest absolute Gasteiger partial charge is 0.271 e. The molecular weight excluding hydrogens is 192 g/mol. The van der Waals surface area contributed by atoms with Crippen molar-refractivity contribution in [3.8, 4) is 0 Å². The van der Waals surface area contributed by atoms with Crippen molar-refractivity contribution in [2.75, 3.05) is 12.4 Å². The fourth-order valence-electron chi connectivity index (χ4n) is 1.42. The van der Waals surface area contributed by atoms with Gasteiger partial charge in [-0.1, -0.05) is 0 Å². The number of hydrogen-bond acceptors (Lipinski definition) is 4. The molecule has 0 bridgehead atoms. The molecule has 1 aromatic rings. The lowest BCUT2D eigenvalue weighted by molar-refractivity contribution is 0.0957. The third kappa shape index (κ3) is 2.23. The number of aromatic nitrogens is 2. The van der Waals surface area contributed by atoms with Crippen LogP contribution in [0.15, 0.2) is 12.1 Å². The van der Waals surface area contributed by atoms with E-state index in [1.807, 2.05) is 0 Å². The van der Waals surface area contributed by atoms with Gasteiger partial charge in [0.1, 0.15) is 5.82 Å². The van der Waals surface area contributed by atoms with Crippen molar-refractivity contribution < 1.29 is 4.79 Å². The summed E-state index contributed by atoms with van der Waals surface area (Å²) in [6, 6.07) is 3.99. The summed E-state index contributed by atoms with van der Waals surface area (Å²) < 4.78 is 0. The molecule has 0 aliphatic heterocycles. The van der Waals surface area contributed by atoms with Crippen molar-refractivity contribution in [3.63, 3.8) is 0 Å². The minimum atomic E-state index is -0.210. The third-order valence-electron chi connectivity index (χ3n) is 2.58. The van der Waals surface area contributed by atoms with E-state index in [1.165, 1.54) is 19.3 Å². The highest BCUT2D eigenvalue weighted by molar-refractivity contribution is 5.91. The minimum absolute atomic E-state index is 0.210. The second-order valence-electron chi connectivity index (χ2n) is 3.66. The summed E-state index contributed by atoms with van der Waals surface area (Å²) in [6.07, 6.45) is 3.67. The van der Waals surface area contributed by atoms with Crippen LogP contribution in [0, 0.1) is 0 Å². The Bertz CT molecular complexity index is 345. The van der Waals surface area contributed by atoms with Gasteiger partial charge in [0.15, 0.2) is 5.69 Å². The average molecular weight is 206 g/mol. The van der Waals surface area contributed by atoms with Crippen LogP contribution in [-0.4, -0.2) is 29.2 Å². The molecule has 0 radical (unpaired) electrons. The maximum atomic E-state index is 11.2. The van der Waals surface area contributed by atoms with Crippen LogP contribution in [0.2, 0.25) is 0 Å². The summed E-state index contributed by atoms with van der Waals surface area (Å²) in [4.78, 5) is 11.2. The Labute approximate surface area is 88.3 Å². The Morgan fingerprint density at radius 3 is 2.67 bits per heavy atom. The van der Waals surface area contributed by atoms with Gasteiger partial charge in [-0.05, 0) is 31.4 Å². The Kier molecular flexibility index (Phi) is 2.80. The van der Waals surface area contributed by atoms with Crippen molar-refractivity contribution in [2.45, 2.75) is 25.3 Å². The SMILES string of the molecule is CNC(=O)c1ccc(NC2CCC2)nn1. The van der Waals surface area contributed by atoms with E-state index in [-0.39, 0.29) is 5.91 Å². The lowest BCUT2D eigenvalue weighted by atomic mass is 9.93. The normalized spacial score (nSPS) is 15.5. The standard InChI is InChI=1S/C10H14N4O/c1-11-10(15)8-5-6-9(14-13-8)12-7-3-2-4-7/h5-7H,2-4H2,1H3,(H,11,15)(H,12,14). The molecule has 1 aliphatic carbocycles. The molecule has 5 heteroatoms. The molecule has 0 aromatic carbocycles. The van der Waals surface area contributed by atoms with Gasteiger partial charge in [0.05, 0.1) is 0 Å². The molecule has 0 atom stereocenters. The number of anilines is 1. The van der Waals surface area contributed by atoms with E-state index in [4.69, 9.17) is 0 Å². The summed E-state index contributed by atoms with van der Waals surface area (Å²) in [6.45, 7) is 0. The third-order valence-corrected chi connectivity index (χ3v) is 2.58. The van der Waals surface area contributed by atoms with Gasteiger partial charge in [-0.3, -0.25) is 4.79 Å². The molecule has 0 unspecified atom stereocenters. The first-order valence-electron chi connectivity index (χ1n) is 5.12. The first kappa shape index (κ1) is 9.89. The highest BCUT2D eigenvalue weighted by Gasteiger charge is 2.17. The van der Waals surface area contributed by atoms with Crippen LogP contribution in [-0.2, 0) is 0 Å². The number of nitrogens with one attached hydrogen (secondary N) is 2. The zero-order chi connectivity index (χ0) is 10.7. The maximum absolute atomic E-state index is 11.2. The van der Waals surface area contributed by atoms with Crippen LogP contribution in [0.4, 0.5) is 5.82 Å². The van der Waals surface area contributed by atoms with E-state index in [1.54, 1.807) is 19.2 Å². The van der Waals surface area contributed by atoms with Gasteiger partial charge in [-0.25, -0.2) is 0 Å². The molecule has 1 aromatic heterocycles. The Balaban J connectivity index is 1.99. The summed E-state index contributed by atoms with van der Waals surface area (Å²) >= 11 is 0. The number of hydrogen-bond donors (Lipinski definition) is 2. The van der Waals surface area contributed by atoms with E-state index in [0.717, 1.165) is 5.82 Å². The predicted octanol–water partition coefficient (Wildman–Crippen LogP) is 0.801. The Morgan fingerprint density at radius 2 is 2.20 bits per heavy atom. The molecule has 1 amide bonds. The molecule has 5 nitrogen and oxygen atoms in total. The lowest BCUT2D eigenvalue weighted by Crippen LogP contribution is -2.28. The number of carbonyl (C=O) groups is 1. The van der Waals surface area contributed by atoms with Gasteiger partial charge < -0.3 is 10.6 Å². The first-order valence-corrected chi connectivity index (χ1v) is 5.12. The van der Waals surface area contributed by atoms with Gasteiger partial charge in [-0.2, -0.15) is 0 Å². The molecule has 0 saturated heterocycles. The summed E-state index contributed by atoms with van der Waals surface area (Å²) in [5.74, 6) is 0.532. The molecule has 80 valence electrons. The van der Waals surface area contributed by atoms with Crippen LogP contribution >= 0.6 is 0 Å². The van der Waals surface area contributed by atoms with Crippen molar-refractivity contribution >= 4 is 11.7 Å². The molecule has 1 aliphatic rings. The second kappa shape index (κ2) is 4.25. The minimum Gasteiger partial charge on any atom is -0.366 e. The van der Waals surface area contributed by atoms with Crippen LogP contribution in [0.3, 0.4) is 0 Å². The van der Waals surface area contributed by atoms with Crippen LogP contribution in [0.5, 0.6) is 0 Å². The van der Waals surface area contributed by atoms with Crippen molar-refractivity contribution in [2.24, 2.45) is 0 Å². The fraction of sp³-hybridized carbons (Fsp3) is 0.500. The highest BCUT2D eigenvalue weighted by atomic mass is 16.1. The second-order valence-corrected chi connectivity index (χ2v) is 3.66. The van der Waals surface area contributed by atoms with Crippen LogP contribution in [0.25, 0.3) is 0 Å². The summed E-state index contributed by atoms with van der Waals surface area (Å²) in [5, 5.41) is 13.5. The monoisotopic (exact) mass is 206 g/mol. The summed E-state index contributed by atoms with van der Waals surface area (Å²) in [7, 11) is 1.57. The number of rotatable bonds is 3. The van der Waals surface area contributed by atoms with E-state index in [2.05, 4.69) is 20.8 Å². The van der Waals surface area contributed by atoms with E-state index in [9.17, 15) is 4.79 Å². The fourth-order valence-corrected chi connectivity index (χ4v) is 1.42. The molecule has 2 N–H and O–H groups in total. The molecule has 1 heterocycles. The van der Waals surface area contributed by atoms with Crippen molar-refractivity contribution in [1.82, 2.24) is 15.5 Å². The number of nitrogens with zero attached hydrogens (tertiary/aromatic N) is 2. The maximum Gasteiger partial charge on any atom is 0.271 e. The predicted molar refractivity (Wildman–Crippen MR) is 56.7 cm³/mol. The van der Waals surface area contributed by atoms with Gasteiger partial charge in [0.2, 0.25) is 0 Å². The van der Waals surface area contributed by atoms with Crippen molar-refractivity contribution in [1.29, 1.82) is 0 Å². The molecule has 2 rings (SSSR count). The highest BCUT2D eigenvalue weighted by Crippen LogP contribution is 2.21. The lowest BCUT2D eigenvalue weighted by Gasteiger charge is -2.26. The van der Waals surface area contributed by atoms with Gasteiger partial charge in [0, 0.05) is 13.1 Å². The number of amides is 1.